The summed E-state index contributed by atoms with van der Waals surface area (Å²) >= 11 is 0. The lowest BCUT2D eigenvalue weighted by Crippen LogP contribution is -2.43. The molecule has 2 N–H and O–H groups in total. The van der Waals surface area contributed by atoms with Crippen LogP contribution >= 0.6 is 0 Å². The molecule has 0 aromatic heterocycles. The molecule has 0 aliphatic carbocycles. The van der Waals surface area contributed by atoms with Crippen LogP contribution in [-0.2, 0) is 12.0 Å². The van der Waals surface area contributed by atoms with Crippen molar-refractivity contribution in [2.24, 2.45) is 4.99 Å². The van der Waals surface area contributed by atoms with Crippen LogP contribution in [-0.4, -0.2) is 33.8 Å². The second-order valence-corrected chi connectivity index (χ2v) is 6.86. The van der Waals surface area contributed by atoms with Crippen molar-refractivity contribution >= 4 is 5.96 Å². The molecule has 2 rings (SSSR count). The summed E-state index contributed by atoms with van der Waals surface area (Å²) < 4.78 is 24.0. The molecule has 146 valence electrons. The summed E-state index contributed by atoms with van der Waals surface area (Å²) in [5.74, 6) is 1.83. The fourth-order valence-electron chi connectivity index (χ4n) is 2.72. The standard InChI is InChI=1S/C21H28FN3O2/c1-21(2,16-9-10-18(26-4)19(12-16)27-5)14-25-20(23-3)24-13-15-7-6-8-17(22)11-15/h6-12H,13-14H2,1-5H3,(H2,23,24,25). The van der Waals surface area contributed by atoms with E-state index in [1.165, 1.54) is 12.1 Å². The molecule has 0 unspecified atom stereocenters. The molecule has 0 radical (unpaired) electrons. The van der Waals surface area contributed by atoms with E-state index in [0.717, 1.165) is 11.1 Å². The quantitative estimate of drug-likeness (QED) is 0.576. The lowest BCUT2D eigenvalue weighted by molar-refractivity contribution is 0.353. The molecular formula is C21H28FN3O2. The summed E-state index contributed by atoms with van der Waals surface area (Å²) in [7, 11) is 4.97. The van der Waals surface area contributed by atoms with Crippen molar-refractivity contribution < 1.29 is 13.9 Å². The molecule has 27 heavy (non-hydrogen) atoms. The Balaban J connectivity index is 2.00. The minimum atomic E-state index is -0.244. The third-order valence-corrected chi connectivity index (χ3v) is 4.44. The average molecular weight is 373 g/mol. The van der Waals surface area contributed by atoms with Crippen LogP contribution < -0.4 is 20.1 Å². The second kappa shape index (κ2) is 9.26. The SMILES string of the molecule is CN=C(NCc1cccc(F)c1)NCC(C)(C)c1ccc(OC)c(OC)c1. The van der Waals surface area contributed by atoms with E-state index in [9.17, 15) is 4.39 Å². The maximum atomic E-state index is 13.3. The zero-order chi connectivity index (χ0) is 19.9. The molecule has 0 saturated carbocycles. The lowest BCUT2D eigenvalue weighted by atomic mass is 9.84. The number of hydrogen-bond donors (Lipinski definition) is 2. The van der Waals surface area contributed by atoms with Crippen LogP contribution in [0.4, 0.5) is 4.39 Å². The van der Waals surface area contributed by atoms with Gasteiger partial charge in [-0.3, -0.25) is 4.99 Å². The van der Waals surface area contributed by atoms with Crippen molar-refractivity contribution in [2.45, 2.75) is 25.8 Å². The van der Waals surface area contributed by atoms with E-state index >= 15 is 0 Å². The number of hydrogen-bond acceptors (Lipinski definition) is 3. The fourth-order valence-corrected chi connectivity index (χ4v) is 2.72. The molecular weight excluding hydrogens is 345 g/mol. The van der Waals surface area contributed by atoms with Gasteiger partial charge in [-0.1, -0.05) is 32.0 Å². The first-order valence-corrected chi connectivity index (χ1v) is 8.81. The van der Waals surface area contributed by atoms with Gasteiger partial charge in [-0.05, 0) is 35.4 Å². The minimum Gasteiger partial charge on any atom is -0.493 e. The van der Waals surface area contributed by atoms with Crippen molar-refractivity contribution in [3.05, 3.63) is 59.4 Å². The number of ether oxygens (including phenoxy) is 2. The molecule has 0 amide bonds. The first-order chi connectivity index (χ1) is 12.9. The predicted octanol–water partition coefficient (Wildman–Crippen LogP) is 3.49. The Kier molecular flexibility index (Phi) is 7.05. The van der Waals surface area contributed by atoms with Gasteiger partial charge in [0.2, 0.25) is 0 Å². The summed E-state index contributed by atoms with van der Waals surface area (Å²) in [6.45, 7) is 5.43. The van der Waals surface area contributed by atoms with E-state index in [0.29, 0.717) is 30.5 Å². The largest absolute Gasteiger partial charge is 0.493 e. The van der Waals surface area contributed by atoms with Crippen LogP contribution in [0.15, 0.2) is 47.5 Å². The van der Waals surface area contributed by atoms with Crippen molar-refractivity contribution in [3.8, 4) is 11.5 Å². The summed E-state index contributed by atoms with van der Waals surface area (Å²) in [6, 6.07) is 12.4. The Labute approximate surface area is 160 Å². The molecule has 0 aliphatic rings. The van der Waals surface area contributed by atoms with Gasteiger partial charge in [0.05, 0.1) is 14.2 Å². The molecule has 0 saturated heterocycles. The number of aliphatic imine (C=N–C) groups is 1. The van der Waals surface area contributed by atoms with Crippen LogP contribution in [0.2, 0.25) is 0 Å². The van der Waals surface area contributed by atoms with Crippen LogP contribution in [0.3, 0.4) is 0 Å². The molecule has 2 aromatic carbocycles. The highest BCUT2D eigenvalue weighted by Gasteiger charge is 2.22. The van der Waals surface area contributed by atoms with Gasteiger partial charge in [0.1, 0.15) is 5.82 Å². The van der Waals surface area contributed by atoms with Crippen molar-refractivity contribution in [1.29, 1.82) is 0 Å². The van der Waals surface area contributed by atoms with E-state index in [4.69, 9.17) is 9.47 Å². The number of halogens is 1. The van der Waals surface area contributed by atoms with Gasteiger partial charge < -0.3 is 20.1 Å². The van der Waals surface area contributed by atoms with Gasteiger partial charge in [-0.2, -0.15) is 0 Å². The molecule has 0 fully saturated rings. The average Bonchev–Trinajstić information content (AvgIpc) is 2.67. The smallest absolute Gasteiger partial charge is 0.191 e. The van der Waals surface area contributed by atoms with Gasteiger partial charge in [0.25, 0.3) is 0 Å². The van der Waals surface area contributed by atoms with Gasteiger partial charge in [0.15, 0.2) is 17.5 Å². The van der Waals surface area contributed by atoms with Crippen LogP contribution in [0.1, 0.15) is 25.0 Å². The van der Waals surface area contributed by atoms with Crippen molar-refractivity contribution in [1.82, 2.24) is 10.6 Å². The number of guanidine groups is 1. The molecule has 2 aromatic rings. The fraction of sp³-hybridized carbons (Fsp3) is 0.381. The van der Waals surface area contributed by atoms with E-state index in [1.807, 2.05) is 24.3 Å². The zero-order valence-electron chi connectivity index (χ0n) is 16.6. The first-order valence-electron chi connectivity index (χ1n) is 8.81. The highest BCUT2D eigenvalue weighted by molar-refractivity contribution is 5.79. The molecule has 6 heteroatoms. The van der Waals surface area contributed by atoms with Gasteiger partial charge in [0, 0.05) is 25.6 Å². The van der Waals surface area contributed by atoms with Crippen LogP contribution in [0, 0.1) is 5.82 Å². The Morgan fingerprint density at radius 3 is 2.41 bits per heavy atom. The number of nitrogens with one attached hydrogen (secondary N) is 2. The van der Waals surface area contributed by atoms with E-state index in [1.54, 1.807) is 27.3 Å². The summed E-state index contributed by atoms with van der Waals surface area (Å²) in [5, 5.41) is 6.54. The maximum Gasteiger partial charge on any atom is 0.191 e. The maximum absolute atomic E-state index is 13.3. The number of methoxy groups -OCH3 is 2. The van der Waals surface area contributed by atoms with Crippen LogP contribution in [0.25, 0.3) is 0 Å². The Bertz CT molecular complexity index is 791. The number of nitrogens with zero attached hydrogens (tertiary/aromatic N) is 1. The van der Waals surface area contributed by atoms with E-state index < -0.39 is 0 Å². The second-order valence-electron chi connectivity index (χ2n) is 6.86. The van der Waals surface area contributed by atoms with Gasteiger partial charge in [-0.15, -0.1) is 0 Å². The van der Waals surface area contributed by atoms with Gasteiger partial charge >= 0.3 is 0 Å². The van der Waals surface area contributed by atoms with Crippen molar-refractivity contribution in [2.75, 3.05) is 27.8 Å². The Morgan fingerprint density at radius 1 is 1.04 bits per heavy atom. The van der Waals surface area contributed by atoms with E-state index in [2.05, 4.69) is 29.5 Å². The number of rotatable bonds is 7. The molecule has 0 atom stereocenters. The molecule has 0 bridgehead atoms. The summed E-state index contributed by atoms with van der Waals surface area (Å²) in [4.78, 5) is 4.24. The third kappa shape index (κ3) is 5.61. The summed E-state index contributed by atoms with van der Waals surface area (Å²) in [6.07, 6.45) is 0. The van der Waals surface area contributed by atoms with E-state index in [-0.39, 0.29) is 11.2 Å². The monoisotopic (exact) mass is 373 g/mol. The normalized spacial score (nSPS) is 11.9. The Morgan fingerprint density at radius 2 is 1.78 bits per heavy atom. The minimum absolute atomic E-state index is 0.171. The van der Waals surface area contributed by atoms with Crippen LogP contribution in [0.5, 0.6) is 11.5 Å². The third-order valence-electron chi connectivity index (χ3n) is 4.44. The predicted molar refractivity (Wildman–Crippen MR) is 107 cm³/mol. The molecule has 5 nitrogen and oxygen atoms in total. The molecule has 0 spiro atoms. The summed E-state index contributed by atoms with van der Waals surface area (Å²) in [5.41, 5.74) is 1.81. The Hall–Kier alpha value is -2.76. The van der Waals surface area contributed by atoms with Gasteiger partial charge in [-0.25, -0.2) is 4.39 Å². The topological polar surface area (TPSA) is 54.9 Å². The number of benzene rings is 2. The molecule has 0 aliphatic heterocycles. The highest BCUT2D eigenvalue weighted by Crippen LogP contribution is 2.32. The lowest BCUT2D eigenvalue weighted by Gasteiger charge is -2.27. The highest BCUT2D eigenvalue weighted by atomic mass is 19.1. The first kappa shape index (κ1) is 20.6. The van der Waals surface area contributed by atoms with Crippen molar-refractivity contribution in [3.63, 3.8) is 0 Å². The zero-order valence-corrected chi connectivity index (χ0v) is 16.6. The molecule has 0 heterocycles.